The minimum atomic E-state index is -0.162. The van der Waals surface area contributed by atoms with Crippen LogP contribution in [0.25, 0.3) is 0 Å². The summed E-state index contributed by atoms with van der Waals surface area (Å²) >= 11 is 0. The number of carbonyl (C=O) groups is 2. The van der Waals surface area contributed by atoms with E-state index in [0.29, 0.717) is 0 Å². The summed E-state index contributed by atoms with van der Waals surface area (Å²) in [7, 11) is 0. The molecule has 0 unspecified atom stereocenters. The lowest BCUT2D eigenvalue weighted by Crippen LogP contribution is -2.48. The van der Waals surface area contributed by atoms with Gasteiger partial charge in [-0.25, -0.2) is 4.79 Å². The van der Waals surface area contributed by atoms with Crippen LogP contribution in [0.1, 0.15) is 31.2 Å². The third kappa shape index (κ3) is 2.63. The number of fused-ring (bicyclic) bond motifs is 1. The van der Waals surface area contributed by atoms with Crippen LogP contribution in [0.3, 0.4) is 0 Å². The highest BCUT2D eigenvalue weighted by atomic mass is 16.2. The molecule has 3 aliphatic rings. The number of hydrogen-bond acceptors (Lipinski definition) is 3. The Morgan fingerprint density at radius 3 is 2.39 bits per heavy atom. The van der Waals surface area contributed by atoms with E-state index in [0.717, 1.165) is 51.9 Å². The van der Waals surface area contributed by atoms with Crippen molar-refractivity contribution in [1.82, 2.24) is 14.7 Å². The minimum Gasteiger partial charge on any atom is -0.312 e. The van der Waals surface area contributed by atoms with E-state index in [1.165, 1.54) is 5.56 Å². The van der Waals surface area contributed by atoms with Gasteiger partial charge in [-0.15, -0.1) is 0 Å². The molecule has 0 bridgehead atoms. The Morgan fingerprint density at radius 2 is 1.70 bits per heavy atom. The number of likely N-dealkylation sites (tertiary alicyclic amines) is 1. The molecule has 0 aliphatic carbocycles. The molecule has 0 radical (unpaired) electrons. The maximum absolute atomic E-state index is 12.5. The van der Waals surface area contributed by atoms with Gasteiger partial charge in [0.05, 0.1) is 0 Å². The molecule has 0 saturated carbocycles. The Labute approximate surface area is 136 Å². The topological polar surface area (TPSA) is 43.9 Å². The zero-order valence-corrected chi connectivity index (χ0v) is 13.4. The van der Waals surface area contributed by atoms with Gasteiger partial charge in [-0.3, -0.25) is 14.6 Å². The van der Waals surface area contributed by atoms with Crippen molar-refractivity contribution < 1.29 is 9.59 Å². The van der Waals surface area contributed by atoms with E-state index >= 15 is 0 Å². The molecule has 5 nitrogen and oxygen atoms in total. The molecule has 0 aromatic heterocycles. The van der Waals surface area contributed by atoms with E-state index in [4.69, 9.17) is 0 Å². The van der Waals surface area contributed by atoms with Crippen LogP contribution in [0.4, 0.5) is 4.79 Å². The first-order chi connectivity index (χ1) is 11.2. The number of hydrogen-bond donors (Lipinski definition) is 0. The second kappa shape index (κ2) is 5.96. The lowest BCUT2D eigenvalue weighted by molar-refractivity contribution is -0.130. The average molecular weight is 313 g/mol. The van der Waals surface area contributed by atoms with Gasteiger partial charge >= 0.3 is 6.03 Å². The molecule has 122 valence electrons. The number of rotatable bonds is 3. The Bertz CT molecular complexity index is 574. The third-order valence-corrected chi connectivity index (χ3v) is 5.40. The smallest absolute Gasteiger partial charge is 0.312 e. The van der Waals surface area contributed by atoms with Crippen molar-refractivity contribution in [1.29, 1.82) is 0 Å². The SMILES string of the molecule is O=C1[C@H]2CCCN2C(=O)N1C1CCN(Cc2ccccc2)CC1. The molecule has 0 N–H and O–H groups in total. The lowest BCUT2D eigenvalue weighted by atomic mass is 10.0. The minimum absolute atomic E-state index is 0.0426. The normalized spacial score (nSPS) is 26.2. The van der Waals surface area contributed by atoms with Gasteiger partial charge in [-0.1, -0.05) is 30.3 Å². The fraction of sp³-hybridized carbons (Fsp3) is 0.556. The molecular weight excluding hydrogens is 290 g/mol. The van der Waals surface area contributed by atoms with Gasteiger partial charge < -0.3 is 4.90 Å². The van der Waals surface area contributed by atoms with Crippen LogP contribution in [-0.4, -0.2) is 58.4 Å². The Balaban J connectivity index is 1.36. The molecule has 23 heavy (non-hydrogen) atoms. The van der Waals surface area contributed by atoms with Crippen LogP contribution in [0.15, 0.2) is 30.3 Å². The summed E-state index contributed by atoms with van der Waals surface area (Å²) in [5, 5.41) is 0. The summed E-state index contributed by atoms with van der Waals surface area (Å²) in [5.74, 6) is 0.0500. The number of carbonyl (C=O) groups excluding carboxylic acids is 2. The monoisotopic (exact) mass is 313 g/mol. The van der Waals surface area contributed by atoms with Crippen molar-refractivity contribution >= 4 is 11.9 Å². The van der Waals surface area contributed by atoms with Gasteiger partial charge in [0.15, 0.2) is 0 Å². The zero-order valence-electron chi connectivity index (χ0n) is 13.4. The quantitative estimate of drug-likeness (QED) is 0.803. The first-order valence-electron chi connectivity index (χ1n) is 8.64. The van der Waals surface area contributed by atoms with Gasteiger partial charge in [0, 0.05) is 32.2 Å². The highest BCUT2D eigenvalue weighted by Gasteiger charge is 2.49. The molecule has 1 atom stereocenters. The molecule has 3 aliphatic heterocycles. The first-order valence-corrected chi connectivity index (χ1v) is 8.64. The highest BCUT2D eigenvalue weighted by molar-refractivity contribution is 6.04. The predicted octanol–water partition coefficient (Wildman–Crippen LogP) is 2.08. The standard InChI is InChI=1S/C18H23N3O2/c22-17-16-7-4-10-20(16)18(23)21(17)15-8-11-19(12-9-15)13-14-5-2-1-3-6-14/h1-3,5-6,15-16H,4,7-13H2/t16-/m1/s1. The van der Waals surface area contributed by atoms with Gasteiger partial charge in [0.2, 0.25) is 0 Å². The summed E-state index contributed by atoms with van der Waals surface area (Å²) in [6.07, 6.45) is 3.59. The second-order valence-corrected chi connectivity index (χ2v) is 6.84. The van der Waals surface area contributed by atoms with Gasteiger partial charge in [-0.05, 0) is 31.2 Å². The number of piperidine rings is 1. The van der Waals surface area contributed by atoms with Crippen molar-refractivity contribution in [2.24, 2.45) is 0 Å². The van der Waals surface area contributed by atoms with Crippen molar-refractivity contribution in [2.75, 3.05) is 19.6 Å². The maximum Gasteiger partial charge on any atom is 0.327 e. The summed E-state index contributed by atoms with van der Waals surface area (Å²) < 4.78 is 0. The number of benzene rings is 1. The maximum atomic E-state index is 12.5. The van der Waals surface area contributed by atoms with Crippen molar-refractivity contribution in [3.63, 3.8) is 0 Å². The van der Waals surface area contributed by atoms with Gasteiger partial charge in [0.1, 0.15) is 6.04 Å². The van der Waals surface area contributed by atoms with Gasteiger partial charge in [-0.2, -0.15) is 0 Å². The fourth-order valence-electron chi connectivity index (χ4n) is 4.16. The average Bonchev–Trinajstić information content (AvgIpc) is 3.14. The molecule has 5 heteroatoms. The van der Waals surface area contributed by atoms with Crippen LogP contribution < -0.4 is 0 Å². The van der Waals surface area contributed by atoms with Crippen molar-refractivity contribution in [3.05, 3.63) is 35.9 Å². The molecule has 3 fully saturated rings. The summed E-state index contributed by atoms with van der Waals surface area (Å²) in [5.41, 5.74) is 1.32. The van der Waals surface area contributed by atoms with E-state index in [1.807, 2.05) is 6.07 Å². The van der Waals surface area contributed by atoms with Gasteiger partial charge in [0.25, 0.3) is 5.91 Å². The number of amides is 3. The molecule has 4 rings (SSSR count). The molecule has 3 heterocycles. The Hall–Kier alpha value is -1.88. The van der Waals surface area contributed by atoms with Crippen LogP contribution in [0.5, 0.6) is 0 Å². The number of nitrogens with zero attached hydrogens (tertiary/aromatic N) is 3. The molecule has 3 amide bonds. The first kappa shape index (κ1) is 14.7. The molecule has 0 spiro atoms. The lowest BCUT2D eigenvalue weighted by Gasteiger charge is -2.35. The Kier molecular flexibility index (Phi) is 3.81. The summed E-state index contributed by atoms with van der Waals surface area (Å²) in [4.78, 5) is 30.8. The zero-order chi connectivity index (χ0) is 15.8. The highest BCUT2D eigenvalue weighted by Crippen LogP contribution is 2.31. The summed E-state index contributed by atoms with van der Waals surface area (Å²) in [6, 6.07) is 10.3. The largest absolute Gasteiger partial charge is 0.327 e. The summed E-state index contributed by atoms with van der Waals surface area (Å²) in [6.45, 7) is 3.59. The van der Waals surface area contributed by atoms with Crippen molar-refractivity contribution in [2.45, 2.75) is 44.3 Å². The number of urea groups is 1. The van der Waals surface area contributed by atoms with Crippen LogP contribution in [0, 0.1) is 0 Å². The van der Waals surface area contributed by atoms with Crippen molar-refractivity contribution in [3.8, 4) is 0 Å². The predicted molar refractivity (Wildman–Crippen MR) is 86.7 cm³/mol. The molecule has 1 aromatic rings. The number of imide groups is 1. The second-order valence-electron chi connectivity index (χ2n) is 6.84. The third-order valence-electron chi connectivity index (χ3n) is 5.40. The molecule has 3 saturated heterocycles. The van der Waals surface area contributed by atoms with E-state index < -0.39 is 0 Å². The van der Waals surface area contributed by atoms with Crippen LogP contribution in [0.2, 0.25) is 0 Å². The van der Waals surface area contributed by atoms with E-state index in [2.05, 4.69) is 29.2 Å². The van der Waals surface area contributed by atoms with E-state index in [9.17, 15) is 9.59 Å². The molecule has 1 aromatic carbocycles. The fourth-order valence-corrected chi connectivity index (χ4v) is 4.16. The van der Waals surface area contributed by atoms with Crippen LogP contribution in [-0.2, 0) is 11.3 Å². The molecular formula is C18H23N3O2. The van der Waals surface area contributed by atoms with E-state index in [1.54, 1.807) is 9.80 Å². The van der Waals surface area contributed by atoms with Crippen LogP contribution >= 0.6 is 0 Å². The van der Waals surface area contributed by atoms with E-state index in [-0.39, 0.29) is 24.0 Å². The Morgan fingerprint density at radius 1 is 0.957 bits per heavy atom.